The van der Waals surface area contributed by atoms with E-state index in [1.807, 2.05) is 0 Å². The molecule has 0 aliphatic heterocycles. The number of amides is 1. The van der Waals surface area contributed by atoms with Crippen LogP contribution < -0.4 is 10.0 Å². The minimum atomic E-state index is -3.83. The number of nitrogens with zero attached hydrogens (tertiary/aromatic N) is 1. The van der Waals surface area contributed by atoms with Crippen molar-refractivity contribution in [2.45, 2.75) is 30.2 Å². The molecule has 1 amide bonds. The van der Waals surface area contributed by atoms with Gasteiger partial charge in [-0.2, -0.15) is 4.31 Å². The van der Waals surface area contributed by atoms with Gasteiger partial charge in [-0.15, -0.1) is 0 Å². The topological polar surface area (TPSA) is 113 Å². The van der Waals surface area contributed by atoms with Gasteiger partial charge >= 0.3 is 0 Å². The molecule has 0 unspecified atom stereocenters. The van der Waals surface area contributed by atoms with E-state index in [1.54, 1.807) is 26.0 Å². The molecule has 0 saturated heterocycles. The molecule has 0 aromatic heterocycles. The summed E-state index contributed by atoms with van der Waals surface area (Å²) in [6, 6.07) is 8.91. The highest BCUT2D eigenvalue weighted by Gasteiger charge is 2.21. The van der Waals surface area contributed by atoms with E-state index in [2.05, 4.69) is 10.0 Å². The van der Waals surface area contributed by atoms with Crippen molar-refractivity contribution in [2.24, 2.45) is 0 Å². The van der Waals surface area contributed by atoms with Crippen molar-refractivity contribution in [3.8, 4) is 0 Å². The molecular formula is C19H24FN3O5S2. The largest absolute Gasteiger partial charge is 0.348 e. The van der Waals surface area contributed by atoms with Crippen molar-refractivity contribution in [2.75, 3.05) is 20.1 Å². The summed E-state index contributed by atoms with van der Waals surface area (Å²) in [5, 5.41) is 2.50. The normalized spacial score (nSPS) is 12.2. The van der Waals surface area contributed by atoms with Crippen LogP contribution in [0.25, 0.3) is 0 Å². The number of sulfonamides is 2. The molecule has 11 heteroatoms. The first-order valence-corrected chi connectivity index (χ1v) is 12.1. The van der Waals surface area contributed by atoms with E-state index < -0.39 is 37.3 Å². The lowest BCUT2D eigenvalue weighted by molar-refractivity contribution is 0.0946. The van der Waals surface area contributed by atoms with Gasteiger partial charge in [-0.3, -0.25) is 4.79 Å². The second-order valence-corrected chi connectivity index (χ2v) is 10.1. The van der Waals surface area contributed by atoms with Crippen LogP contribution in [0.1, 0.15) is 29.8 Å². The van der Waals surface area contributed by atoms with Gasteiger partial charge in [-0.1, -0.05) is 26.0 Å². The van der Waals surface area contributed by atoms with Crippen molar-refractivity contribution < 1.29 is 26.0 Å². The molecule has 8 nitrogen and oxygen atoms in total. The van der Waals surface area contributed by atoms with Crippen LogP contribution in [0.2, 0.25) is 0 Å². The minimum Gasteiger partial charge on any atom is -0.348 e. The summed E-state index contributed by atoms with van der Waals surface area (Å²) < 4.78 is 66.1. The van der Waals surface area contributed by atoms with Gasteiger partial charge in [0.1, 0.15) is 5.82 Å². The second-order valence-electron chi connectivity index (χ2n) is 6.27. The standard InChI is InChI=1S/C19H24FN3O5S2/c1-4-23(5-2)30(27,28)15-8-6-14(7-9-15)13-22-19(24)17-12-16(10-11-18(17)20)29(25,26)21-3/h6-12,21H,4-5,13H2,1-3H3,(H,22,24). The molecule has 0 radical (unpaired) electrons. The van der Waals surface area contributed by atoms with Gasteiger partial charge in [0.15, 0.2) is 0 Å². The zero-order valence-electron chi connectivity index (χ0n) is 16.8. The number of hydrogen-bond acceptors (Lipinski definition) is 5. The van der Waals surface area contributed by atoms with E-state index in [0.29, 0.717) is 18.7 Å². The number of benzene rings is 2. The highest BCUT2D eigenvalue weighted by atomic mass is 32.2. The Morgan fingerprint density at radius 2 is 1.53 bits per heavy atom. The molecule has 30 heavy (non-hydrogen) atoms. The fourth-order valence-electron chi connectivity index (χ4n) is 2.73. The molecule has 0 aliphatic carbocycles. The Kier molecular flexibility index (Phi) is 7.70. The second kappa shape index (κ2) is 9.65. The Hall–Kier alpha value is -2.34. The van der Waals surface area contributed by atoms with Crippen LogP contribution >= 0.6 is 0 Å². The lowest BCUT2D eigenvalue weighted by Crippen LogP contribution is -2.30. The average molecular weight is 458 g/mol. The fourth-order valence-corrected chi connectivity index (χ4v) is 4.95. The van der Waals surface area contributed by atoms with E-state index in [-0.39, 0.29) is 16.3 Å². The Morgan fingerprint density at radius 1 is 0.967 bits per heavy atom. The summed E-state index contributed by atoms with van der Waals surface area (Å²) in [5.74, 6) is -1.65. The van der Waals surface area contributed by atoms with Gasteiger partial charge in [0.25, 0.3) is 5.91 Å². The molecule has 164 valence electrons. The van der Waals surface area contributed by atoms with Crippen LogP contribution in [0.15, 0.2) is 52.3 Å². The maximum Gasteiger partial charge on any atom is 0.254 e. The Labute approximate surface area is 176 Å². The number of carbonyl (C=O) groups excluding carboxylic acids is 1. The van der Waals surface area contributed by atoms with Crippen molar-refractivity contribution >= 4 is 26.0 Å². The lowest BCUT2D eigenvalue weighted by atomic mass is 10.2. The van der Waals surface area contributed by atoms with Crippen molar-refractivity contribution in [3.63, 3.8) is 0 Å². The molecule has 0 bridgehead atoms. The zero-order valence-corrected chi connectivity index (χ0v) is 18.5. The number of hydrogen-bond donors (Lipinski definition) is 2. The molecule has 0 heterocycles. The smallest absolute Gasteiger partial charge is 0.254 e. The first-order chi connectivity index (χ1) is 14.1. The first kappa shape index (κ1) is 23.9. The number of carbonyl (C=O) groups is 1. The SMILES string of the molecule is CCN(CC)S(=O)(=O)c1ccc(CNC(=O)c2cc(S(=O)(=O)NC)ccc2F)cc1. The quantitative estimate of drug-likeness (QED) is 0.595. The van der Waals surface area contributed by atoms with E-state index in [0.717, 1.165) is 18.2 Å². The Balaban J connectivity index is 2.15. The average Bonchev–Trinajstić information content (AvgIpc) is 2.73. The summed E-state index contributed by atoms with van der Waals surface area (Å²) >= 11 is 0. The van der Waals surface area contributed by atoms with Crippen molar-refractivity contribution in [1.82, 2.24) is 14.3 Å². The molecule has 2 N–H and O–H groups in total. The summed E-state index contributed by atoms with van der Waals surface area (Å²) in [6.07, 6.45) is 0. The van der Waals surface area contributed by atoms with E-state index in [4.69, 9.17) is 0 Å². The molecule has 2 aromatic rings. The third-order valence-corrected chi connectivity index (χ3v) is 7.96. The maximum absolute atomic E-state index is 14.0. The first-order valence-electron chi connectivity index (χ1n) is 9.17. The van der Waals surface area contributed by atoms with Crippen molar-refractivity contribution in [3.05, 3.63) is 59.4 Å². The summed E-state index contributed by atoms with van der Waals surface area (Å²) in [5.41, 5.74) is 0.188. The molecule has 0 aliphatic rings. The van der Waals surface area contributed by atoms with E-state index in [9.17, 15) is 26.0 Å². The molecular weight excluding hydrogens is 433 g/mol. The minimum absolute atomic E-state index is 0.00682. The van der Waals surface area contributed by atoms with Gasteiger partial charge in [-0.05, 0) is 42.9 Å². The third-order valence-electron chi connectivity index (χ3n) is 4.48. The van der Waals surface area contributed by atoms with E-state index in [1.165, 1.54) is 23.5 Å². The van der Waals surface area contributed by atoms with Crippen LogP contribution in [-0.4, -0.2) is 47.2 Å². The number of rotatable bonds is 9. The molecule has 2 aromatic carbocycles. The zero-order chi connectivity index (χ0) is 22.5. The molecule has 0 spiro atoms. The highest BCUT2D eigenvalue weighted by molar-refractivity contribution is 7.89. The van der Waals surface area contributed by atoms with Gasteiger partial charge in [-0.25, -0.2) is 25.9 Å². The van der Waals surface area contributed by atoms with Gasteiger partial charge in [0.2, 0.25) is 20.0 Å². The fraction of sp³-hybridized carbons (Fsp3) is 0.316. The third kappa shape index (κ3) is 5.22. The highest BCUT2D eigenvalue weighted by Crippen LogP contribution is 2.17. The predicted octanol–water partition coefficient (Wildman–Crippen LogP) is 1.69. The van der Waals surface area contributed by atoms with Gasteiger partial charge in [0.05, 0.1) is 15.4 Å². The molecule has 0 saturated carbocycles. The number of halogens is 1. The Bertz CT molecular complexity index is 1110. The van der Waals surface area contributed by atoms with Crippen LogP contribution in [0.5, 0.6) is 0 Å². The van der Waals surface area contributed by atoms with E-state index >= 15 is 0 Å². The summed E-state index contributed by atoms with van der Waals surface area (Å²) in [4.78, 5) is 12.2. The van der Waals surface area contributed by atoms with Crippen molar-refractivity contribution in [1.29, 1.82) is 0 Å². The Morgan fingerprint density at radius 3 is 2.07 bits per heavy atom. The van der Waals surface area contributed by atoms with Gasteiger partial charge in [0, 0.05) is 19.6 Å². The van der Waals surface area contributed by atoms with Gasteiger partial charge < -0.3 is 5.32 Å². The van der Waals surface area contributed by atoms with Crippen LogP contribution in [-0.2, 0) is 26.6 Å². The summed E-state index contributed by atoms with van der Waals surface area (Å²) in [6.45, 7) is 4.21. The molecule has 0 fully saturated rings. The van der Waals surface area contributed by atoms with Crippen LogP contribution in [0.4, 0.5) is 4.39 Å². The lowest BCUT2D eigenvalue weighted by Gasteiger charge is -2.18. The van der Waals surface area contributed by atoms with Crippen LogP contribution in [0.3, 0.4) is 0 Å². The monoisotopic (exact) mass is 457 g/mol. The molecule has 2 rings (SSSR count). The predicted molar refractivity (Wildman–Crippen MR) is 110 cm³/mol. The maximum atomic E-state index is 14.0. The van der Waals surface area contributed by atoms with Crippen LogP contribution in [0, 0.1) is 5.82 Å². The number of nitrogens with one attached hydrogen (secondary N) is 2. The summed E-state index contributed by atoms with van der Waals surface area (Å²) in [7, 11) is -6.20. The molecule has 0 atom stereocenters.